The maximum Gasteiger partial charge on any atom is 0.134 e. The van der Waals surface area contributed by atoms with E-state index < -0.39 is 29.5 Å². The number of halogens is 2. The molecule has 0 saturated heterocycles. The molecule has 0 fully saturated rings. The second kappa shape index (κ2) is 3.51. The first-order chi connectivity index (χ1) is 6.38. The maximum absolute atomic E-state index is 13.2. The number of nitrogens with two attached hydrogens (primary N) is 1. The largest absolute Gasteiger partial charge is 0.507 e. The van der Waals surface area contributed by atoms with Crippen LogP contribution in [0.5, 0.6) is 5.75 Å². The molecule has 5 heteroatoms. The van der Waals surface area contributed by atoms with Crippen molar-refractivity contribution in [3.8, 4) is 5.75 Å². The molecule has 0 aliphatic carbocycles. The summed E-state index contributed by atoms with van der Waals surface area (Å²) in [5, 5.41) is 18.1. The third-order valence-electron chi connectivity index (χ3n) is 1.93. The van der Waals surface area contributed by atoms with Gasteiger partial charge in [0.15, 0.2) is 0 Å². The van der Waals surface area contributed by atoms with Crippen molar-refractivity contribution in [2.24, 2.45) is 5.73 Å². The van der Waals surface area contributed by atoms with Gasteiger partial charge in [-0.15, -0.1) is 0 Å². The Morgan fingerprint density at radius 2 is 2.00 bits per heavy atom. The summed E-state index contributed by atoms with van der Waals surface area (Å²) in [7, 11) is 0. The van der Waals surface area contributed by atoms with Crippen molar-refractivity contribution in [2.45, 2.75) is 12.5 Å². The quantitative estimate of drug-likeness (QED) is 0.667. The van der Waals surface area contributed by atoms with Gasteiger partial charge in [0.2, 0.25) is 0 Å². The molecule has 0 bridgehead atoms. The number of aliphatic hydroxyl groups excluding tert-OH is 1. The lowest BCUT2D eigenvalue weighted by Crippen LogP contribution is -2.38. The third-order valence-corrected chi connectivity index (χ3v) is 1.93. The SMILES string of the molecule is C[C@@](N)(CO)c1c(O)cc(F)cc1F. The Hall–Kier alpha value is -1.20. The predicted molar refractivity (Wildman–Crippen MR) is 46.6 cm³/mol. The van der Waals surface area contributed by atoms with Crippen molar-refractivity contribution in [3.05, 3.63) is 29.3 Å². The minimum atomic E-state index is -1.43. The molecule has 1 atom stereocenters. The highest BCUT2D eigenvalue weighted by Gasteiger charge is 2.28. The number of aliphatic hydroxyl groups is 1. The lowest BCUT2D eigenvalue weighted by Gasteiger charge is -2.23. The summed E-state index contributed by atoms with van der Waals surface area (Å²) in [5.74, 6) is -2.46. The molecule has 0 amide bonds. The molecule has 0 aliphatic heterocycles. The molecule has 0 spiro atoms. The zero-order chi connectivity index (χ0) is 10.9. The Bertz CT molecular complexity index is 330. The van der Waals surface area contributed by atoms with Crippen LogP contribution in [0.25, 0.3) is 0 Å². The molecule has 1 aromatic carbocycles. The summed E-state index contributed by atoms with van der Waals surface area (Å²) in [4.78, 5) is 0. The average molecular weight is 203 g/mol. The normalized spacial score (nSPS) is 15.2. The maximum atomic E-state index is 13.2. The van der Waals surface area contributed by atoms with E-state index in [2.05, 4.69) is 0 Å². The van der Waals surface area contributed by atoms with Gasteiger partial charge in [0.25, 0.3) is 0 Å². The highest BCUT2D eigenvalue weighted by Crippen LogP contribution is 2.30. The summed E-state index contributed by atoms with van der Waals surface area (Å²) < 4.78 is 25.8. The molecule has 14 heavy (non-hydrogen) atoms. The van der Waals surface area contributed by atoms with Crippen LogP contribution in [-0.2, 0) is 5.54 Å². The average Bonchev–Trinajstić information content (AvgIpc) is 2.01. The lowest BCUT2D eigenvalue weighted by molar-refractivity contribution is 0.202. The fourth-order valence-corrected chi connectivity index (χ4v) is 1.20. The molecule has 1 aromatic rings. The smallest absolute Gasteiger partial charge is 0.134 e. The number of hydrogen-bond acceptors (Lipinski definition) is 3. The van der Waals surface area contributed by atoms with E-state index in [9.17, 15) is 13.9 Å². The lowest BCUT2D eigenvalue weighted by atomic mass is 9.92. The van der Waals surface area contributed by atoms with Crippen LogP contribution in [0.3, 0.4) is 0 Å². The van der Waals surface area contributed by atoms with Gasteiger partial charge >= 0.3 is 0 Å². The van der Waals surface area contributed by atoms with Gasteiger partial charge in [0, 0.05) is 12.1 Å². The second-order valence-electron chi connectivity index (χ2n) is 3.36. The molecule has 0 saturated carbocycles. The van der Waals surface area contributed by atoms with Crippen LogP contribution in [0.15, 0.2) is 12.1 Å². The summed E-state index contributed by atoms with van der Waals surface area (Å²) in [6.45, 7) is 0.784. The Morgan fingerprint density at radius 1 is 1.43 bits per heavy atom. The summed E-state index contributed by atoms with van der Waals surface area (Å²) in [6, 6.07) is 1.36. The first-order valence-electron chi connectivity index (χ1n) is 3.96. The van der Waals surface area contributed by atoms with Crippen LogP contribution in [-0.4, -0.2) is 16.8 Å². The molecular formula is C9H11F2NO2. The monoisotopic (exact) mass is 203 g/mol. The van der Waals surface area contributed by atoms with E-state index in [0.717, 1.165) is 6.07 Å². The van der Waals surface area contributed by atoms with Crippen LogP contribution in [0.1, 0.15) is 12.5 Å². The highest BCUT2D eigenvalue weighted by atomic mass is 19.1. The zero-order valence-corrected chi connectivity index (χ0v) is 7.59. The second-order valence-corrected chi connectivity index (χ2v) is 3.36. The molecule has 0 radical (unpaired) electrons. The molecular weight excluding hydrogens is 192 g/mol. The van der Waals surface area contributed by atoms with E-state index in [1.807, 2.05) is 0 Å². The van der Waals surface area contributed by atoms with E-state index >= 15 is 0 Å². The number of rotatable bonds is 2. The number of hydrogen-bond donors (Lipinski definition) is 3. The van der Waals surface area contributed by atoms with Gasteiger partial charge < -0.3 is 15.9 Å². The van der Waals surface area contributed by atoms with Crippen LogP contribution in [0.2, 0.25) is 0 Å². The highest BCUT2D eigenvalue weighted by molar-refractivity contribution is 5.39. The van der Waals surface area contributed by atoms with Gasteiger partial charge in [0.05, 0.1) is 17.7 Å². The van der Waals surface area contributed by atoms with Crippen molar-refractivity contribution in [1.82, 2.24) is 0 Å². The molecule has 0 aliphatic rings. The van der Waals surface area contributed by atoms with Gasteiger partial charge in [0.1, 0.15) is 17.4 Å². The predicted octanol–water partition coefficient (Wildman–Crippen LogP) is 0.837. The van der Waals surface area contributed by atoms with Crippen molar-refractivity contribution in [1.29, 1.82) is 0 Å². The van der Waals surface area contributed by atoms with E-state index in [1.54, 1.807) is 0 Å². The molecule has 3 nitrogen and oxygen atoms in total. The van der Waals surface area contributed by atoms with Gasteiger partial charge in [-0.2, -0.15) is 0 Å². The van der Waals surface area contributed by atoms with E-state index in [4.69, 9.17) is 10.8 Å². The first kappa shape index (κ1) is 10.9. The van der Waals surface area contributed by atoms with Gasteiger partial charge in [-0.1, -0.05) is 0 Å². The third kappa shape index (κ3) is 1.83. The first-order valence-corrected chi connectivity index (χ1v) is 3.96. The van der Waals surface area contributed by atoms with E-state index in [0.29, 0.717) is 6.07 Å². The van der Waals surface area contributed by atoms with Crippen LogP contribution >= 0.6 is 0 Å². The molecule has 0 unspecified atom stereocenters. The molecule has 0 heterocycles. The van der Waals surface area contributed by atoms with Crippen LogP contribution in [0, 0.1) is 11.6 Å². The number of aromatic hydroxyl groups is 1. The molecule has 0 aromatic heterocycles. The fourth-order valence-electron chi connectivity index (χ4n) is 1.20. The van der Waals surface area contributed by atoms with Crippen molar-refractivity contribution < 1.29 is 19.0 Å². The zero-order valence-electron chi connectivity index (χ0n) is 7.59. The Kier molecular flexibility index (Phi) is 2.73. The van der Waals surface area contributed by atoms with E-state index in [-0.39, 0.29) is 5.56 Å². The van der Waals surface area contributed by atoms with Crippen molar-refractivity contribution in [2.75, 3.05) is 6.61 Å². The molecule has 4 N–H and O–H groups in total. The summed E-state index contributed by atoms with van der Waals surface area (Å²) in [5.41, 5.74) is 3.80. The molecule has 78 valence electrons. The van der Waals surface area contributed by atoms with Crippen LogP contribution < -0.4 is 5.73 Å². The standard InChI is InChI=1S/C9H11F2NO2/c1-9(12,4-13)8-6(11)2-5(10)3-7(8)14/h2-3,13-14H,4,12H2,1H3/t9-/m1/s1. The molecule has 1 rings (SSSR count). The Balaban J connectivity index is 3.35. The van der Waals surface area contributed by atoms with Gasteiger partial charge in [-0.3, -0.25) is 0 Å². The topological polar surface area (TPSA) is 66.5 Å². The Labute approximate surface area is 79.8 Å². The Morgan fingerprint density at radius 3 is 2.43 bits per heavy atom. The number of phenols is 1. The minimum Gasteiger partial charge on any atom is -0.507 e. The fraction of sp³-hybridized carbons (Fsp3) is 0.333. The minimum absolute atomic E-state index is 0.290. The number of benzene rings is 1. The van der Waals surface area contributed by atoms with Crippen molar-refractivity contribution >= 4 is 0 Å². The van der Waals surface area contributed by atoms with Gasteiger partial charge in [-0.05, 0) is 6.92 Å². The summed E-state index contributed by atoms with van der Waals surface area (Å²) >= 11 is 0. The van der Waals surface area contributed by atoms with E-state index in [1.165, 1.54) is 6.92 Å². The van der Waals surface area contributed by atoms with Crippen LogP contribution in [0.4, 0.5) is 8.78 Å². The van der Waals surface area contributed by atoms with Gasteiger partial charge in [-0.25, -0.2) is 8.78 Å². The van der Waals surface area contributed by atoms with Crippen molar-refractivity contribution in [3.63, 3.8) is 0 Å². The summed E-state index contributed by atoms with van der Waals surface area (Å²) in [6.07, 6.45) is 0. The number of phenolic OH excluding ortho intramolecular Hbond substituents is 1.